The Hall–Kier alpha value is 0.206. The average Bonchev–Trinajstić information content (AvgIpc) is 2.35. The first kappa shape index (κ1) is 26.2. The number of alkyl carbamates (subject to hydrolysis) is 1. The van der Waals surface area contributed by atoms with E-state index >= 15 is 0 Å². The second kappa shape index (κ2) is 10.7. The van der Waals surface area contributed by atoms with Gasteiger partial charge in [0.2, 0.25) is 5.91 Å². The van der Waals surface area contributed by atoms with Crippen LogP contribution in [0.3, 0.4) is 0 Å². The van der Waals surface area contributed by atoms with Crippen molar-refractivity contribution >= 4 is 22.3 Å². The summed E-state index contributed by atoms with van der Waals surface area (Å²) in [5.74, 6) is -0.654. The number of ether oxygens (including phenoxy) is 1. The zero-order chi connectivity index (χ0) is 19.4. The van der Waals surface area contributed by atoms with Crippen LogP contribution in [0.5, 0.6) is 0 Å². The Morgan fingerprint density at radius 3 is 2.19 bits per heavy atom. The van der Waals surface area contributed by atoms with Crippen molar-refractivity contribution in [1.29, 1.82) is 0 Å². The third-order valence-electron chi connectivity index (χ3n) is 3.55. The van der Waals surface area contributed by atoms with Crippen molar-refractivity contribution in [2.75, 3.05) is 14.1 Å². The summed E-state index contributed by atoms with van der Waals surface area (Å²) in [5, 5.41) is 4.07. The topological polar surface area (TPSA) is 140 Å². The van der Waals surface area contributed by atoms with Crippen molar-refractivity contribution in [3.63, 3.8) is 0 Å². The van der Waals surface area contributed by atoms with Crippen molar-refractivity contribution in [2.24, 2.45) is 5.92 Å². The van der Waals surface area contributed by atoms with Crippen molar-refractivity contribution in [3.8, 4) is 0 Å². The fraction of sp³-hybridized carbons (Fsp3) is 0.857. The molecule has 0 aromatic heterocycles. The Balaban J connectivity index is 0.00000625. The van der Waals surface area contributed by atoms with E-state index in [1.54, 1.807) is 34.9 Å². The van der Waals surface area contributed by atoms with E-state index in [1.165, 1.54) is 5.01 Å². The molecule has 3 N–H and O–H groups in total. The summed E-state index contributed by atoms with van der Waals surface area (Å²) in [7, 11) is -1.34. The van der Waals surface area contributed by atoms with Gasteiger partial charge in [-0.1, -0.05) is 0 Å². The van der Waals surface area contributed by atoms with Crippen molar-refractivity contribution in [1.82, 2.24) is 20.5 Å². The maximum atomic E-state index is 12.2. The van der Waals surface area contributed by atoms with Gasteiger partial charge in [0.15, 0.2) is 10.3 Å². The van der Waals surface area contributed by atoms with Gasteiger partial charge in [0.25, 0.3) is 0 Å². The zero-order valence-corrected chi connectivity index (χ0v) is 20.1. The second-order valence-corrected chi connectivity index (χ2v) is 8.46. The van der Waals surface area contributed by atoms with E-state index in [-0.39, 0.29) is 70.1 Å². The Morgan fingerprint density at radius 1 is 1.15 bits per heavy atom. The quantitative estimate of drug-likeness (QED) is 0.241. The largest absolute Gasteiger partial charge is 1.00 e. The first-order valence-corrected chi connectivity index (χ1v) is 9.38. The van der Waals surface area contributed by atoms with Gasteiger partial charge in [-0.05, 0) is 40.0 Å². The van der Waals surface area contributed by atoms with Crippen LogP contribution in [0.4, 0.5) is 4.79 Å². The molecule has 10 nitrogen and oxygen atoms in total. The summed E-state index contributed by atoms with van der Waals surface area (Å²) in [6, 6.07) is -1.52. The van der Waals surface area contributed by atoms with Crippen LogP contribution in [0.2, 0.25) is 0 Å². The van der Waals surface area contributed by atoms with Gasteiger partial charge in [-0.25, -0.2) is 22.9 Å². The number of carbonyl (C=O) groups is 2. The van der Waals surface area contributed by atoms with E-state index in [0.29, 0.717) is 6.42 Å². The van der Waals surface area contributed by atoms with E-state index in [2.05, 4.69) is 10.7 Å². The first-order valence-electron chi connectivity index (χ1n) is 7.97. The molecule has 1 fully saturated rings. The normalized spacial score (nSPS) is 23.7. The molecule has 0 saturated heterocycles. The summed E-state index contributed by atoms with van der Waals surface area (Å²) >= 11 is 0. The minimum absolute atomic E-state index is 0. The Labute approximate surface area is 197 Å². The van der Waals surface area contributed by atoms with Gasteiger partial charge in [-0.3, -0.25) is 10.2 Å². The second-order valence-electron chi connectivity index (χ2n) is 7.31. The minimum atomic E-state index is -4.69. The number of rotatable bonds is 5. The molecule has 0 spiro atoms. The van der Waals surface area contributed by atoms with Crippen LogP contribution < -0.4 is 66.8 Å². The number of hydrogen-bond donors (Lipinski definition) is 3. The molecule has 1 aliphatic rings. The number of hydrogen-bond acceptors (Lipinski definition) is 7. The van der Waals surface area contributed by atoms with Gasteiger partial charge in [0.1, 0.15) is 5.60 Å². The molecule has 12 heteroatoms. The Bertz CT molecular complexity index is 593. The number of amides is 2. The zero-order valence-electron chi connectivity index (χ0n) is 16.2. The molecule has 3 atom stereocenters. The van der Waals surface area contributed by atoms with Gasteiger partial charge < -0.3 is 14.6 Å². The fourth-order valence-electron chi connectivity index (χ4n) is 2.67. The number of nitrogens with zero attached hydrogens (tertiary/aromatic N) is 1. The van der Waals surface area contributed by atoms with Crippen LogP contribution in [0.15, 0.2) is 0 Å². The molecule has 0 aromatic carbocycles. The summed E-state index contributed by atoms with van der Waals surface area (Å²) in [5.41, 5.74) is 1.91. The standard InChI is InChI=1S/C14H28N4O6S.K/c1-14(2,3)24-13(20)15-11-8-9(12(19)16-18(4)5)6-7-10(11)17-25(21,22)23;/h9-11,17H,6-8H2,1-5H3,(H,15,20)(H,16,19)(H,21,22,23);/q;+1/p-1/t9-,10-,11+;/m0./s1. The van der Waals surface area contributed by atoms with E-state index in [9.17, 15) is 22.6 Å². The maximum absolute atomic E-state index is 12.2. The third kappa shape index (κ3) is 10.5. The molecular weight excluding hydrogens is 391 g/mol. The summed E-state index contributed by atoms with van der Waals surface area (Å²) < 4.78 is 40.2. The molecule has 2 amide bonds. The van der Waals surface area contributed by atoms with Crippen LogP contribution in [-0.2, 0) is 19.8 Å². The van der Waals surface area contributed by atoms with Gasteiger partial charge in [0.05, 0.1) is 0 Å². The van der Waals surface area contributed by atoms with E-state index in [4.69, 9.17) is 4.74 Å². The van der Waals surface area contributed by atoms with Crippen LogP contribution in [-0.4, -0.2) is 61.8 Å². The van der Waals surface area contributed by atoms with Crippen LogP contribution in [0.1, 0.15) is 40.0 Å². The van der Waals surface area contributed by atoms with Crippen molar-refractivity contribution in [3.05, 3.63) is 0 Å². The fourth-order valence-corrected chi connectivity index (χ4v) is 3.32. The number of hydrazine groups is 1. The molecule has 0 aliphatic heterocycles. The van der Waals surface area contributed by atoms with E-state index in [0.717, 1.165) is 0 Å². The summed E-state index contributed by atoms with van der Waals surface area (Å²) in [4.78, 5) is 24.2. The van der Waals surface area contributed by atoms with Gasteiger partial charge >= 0.3 is 57.5 Å². The van der Waals surface area contributed by atoms with Crippen molar-refractivity contribution < 1.29 is 78.7 Å². The minimum Gasteiger partial charge on any atom is -0.735 e. The molecular formula is C14H27KN4O6S. The Morgan fingerprint density at radius 2 is 1.73 bits per heavy atom. The number of carbonyl (C=O) groups excluding carboxylic acids is 2. The third-order valence-corrected chi connectivity index (χ3v) is 4.14. The summed E-state index contributed by atoms with van der Waals surface area (Å²) in [6.45, 7) is 5.08. The van der Waals surface area contributed by atoms with Crippen LogP contribution in [0, 0.1) is 5.92 Å². The van der Waals surface area contributed by atoms with Gasteiger partial charge in [0, 0.05) is 32.1 Å². The molecule has 0 unspecified atom stereocenters. The Kier molecular flexibility index (Phi) is 10.8. The molecule has 1 rings (SSSR count). The predicted molar refractivity (Wildman–Crippen MR) is 88.9 cm³/mol. The molecule has 26 heavy (non-hydrogen) atoms. The van der Waals surface area contributed by atoms with Crippen LogP contribution in [0.25, 0.3) is 0 Å². The molecule has 0 heterocycles. The first-order chi connectivity index (χ1) is 11.3. The summed E-state index contributed by atoms with van der Waals surface area (Å²) in [6.07, 6.45) is 0.0834. The molecule has 1 saturated carbocycles. The molecule has 0 bridgehead atoms. The van der Waals surface area contributed by atoms with E-state index < -0.39 is 40.0 Å². The van der Waals surface area contributed by atoms with Crippen LogP contribution >= 0.6 is 0 Å². The maximum Gasteiger partial charge on any atom is 1.00 e. The van der Waals surface area contributed by atoms with Gasteiger partial charge in [-0.15, -0.1) is 0 Å². The molecule has 146 valence electrons. The van der Waals surface area contributed by atoms with Gasteiger partial charge in [-0.2, -0.15) is 0 Å². The van der Waals surface area contributed by atoms with E-state index in [1.807, 2.05) is 4.72 Å². The average molecular weight is 419 g/mol. The predicted octanol–water partition coefficient (Wildman–Crippen LogP) is -3.30. The monoisotopic (exact) mass is 418 g/mol. The molecule has 0 radical (unpaired) electrons. The van der Waals surface area contributed by atoms with Crippen molar-refractivity contribution in [2.45, 2.75) is 57.7 Å². The SMILES string of the molecule is CN(C)NC(=O)[C@H]1CC[C@H](NS(=O)(=O)[O-])[C@H](NC(=O)OC(C)(C)C)C1.[K+]. The molecule has 1 aliphatic carbocycles. The smallest absolute Gasteiger partial charge is 0.735 e. The number of nitrogens with one attached hydrogen (secondary N) is 3. The molecule has 0 aromatic rings.